The van der Waals surface area contributed by atoms with Crippen LogP contribution in [-0.2, 0) is 0 Å². The molecule has 0 aliphatic rings. The zero-order chi connectivity index (χ0) is 19.7. The number of methoxy groups -OCH3 is 2. The third kappa shape index (κ3) is 6.99. The van der Waals surface area contributed by atoms with Gasteiger partial charge in [0.2, 0.25) is 0 Å². The molecule has 0 fully saturated rings. The Labute approximate surface area is 152 Å². The van der Waals surface area contributed by atoms with E-state index in [9.17, 15) is 13.2 Å². The number of rotatable bonds is 8. The number of ether oxygens (including phenoxy) is 2. The van der Waals surface area contributed by atoms with Crippen LogP contribution in [0.4, 0.5) is 13.2 Å². The summed E-state index contributed by atoms with van der Waals surface area (Å²) >= 11 is 0. The molecule has 1 aromatic carbocycles. The SMILES string of the molecule is CN=C(NCCC(F)(F)F)NCC(c1ccc(OC)c(OC)c1)N(C)C. The van der Waals surface area contributed by atoms with Gasteiger partial charge >= 0.3 is 6.18 Å². The van der Waals surface area contributed by atoms with Crippen molar-refractivity contribution in [2.75, 3.05) is 48.5 Å². The second kappa shape index (κ2) is 10.1. The summed E-state index contributed by atoms with van der Waals surface area (Å²) in [4.78, 5) is 5.95. The molecule has 0 aromatic heterocycles. The van der Waals surface area contributed by atoms with E-state index in [0.717, 1.165) is 5.56 Å². The highest BCUT2D eigenvalue weighted by Crippen LogP contribution is 2.31. The Hall–Kier alpha value is -2.16. The van der Waals surface area contributed by atoms with Crippen LogP contribution in [0.5, 0.6) is 11.5 Å². The van der Waals surface area contributed by atoms with E-state index in [4.69, 9.17) is 9.47 Å². The number of halogens is 3. The van der Waals surface area contributed by atoms with Gasteiger partial charge in [0, 0.05) is 20.1 Å². The van der Waals surface area contributed by atoms with Crippen molar-refractivity contribution < 1.29 is 22.6 Å². The Balaban J connectivity index is 2.76. The van der Waals surface area contributed by atoms with E-state index in [1.807, 2.05) is 37.2 Å². The molecule has 0 saturated carbocycles. The van der Waals surface area contributed by atoms with E-state index in [0.29, 0.717) is 24.0 Å². The van der Waals surface area contributed by atoms with Crippen molar-refractivity contribution in [2.45, 2.75) is 18.6 Å². The quantitative estimate of drug-likeness (QED) is 0.539. The Bertz CT molecular complexity index is 592. The lowest BCUT2D eigenvalue weighted by Crippen LogP contribution is -2.42. The molecule has 26 heavy (non-hydrogen) atoms. The molecule has 0 bridgehead atoms. The van der Waals surface area contributed by atoms with Gasteiger partial charge in [-0.3, -0.25) is 4.99 Å². The fourth-order valence-electron chi connectivity index (χ4n) is 2.40. The van der Waals surface area contributed by atoms with Gasteiger partial charge in [-0.15, -0.1) is 0 Å². The van der Waals surface area contributed by atoms with Crippen LogP contribution in [0.3, 0.4) is 0 Å². The highest BCUT2D eigenvalue weighted by atomic mass is 19.4. The predicted molar refractivity (Wildman–Crippen MR) is 96.0 cm³/mol. The molecule has 0 radical (unpaired) electrons. The first-order valence-corrected chi connectivity index (χ1v) is 8.11. The third-order valence-corrected chi connectivity index (χ3v) is 3.80. The summed E-state index contributed by atoms with van der Waals surface area (Å²) < 4.78 is 47.3. The van der Waals surface area contributed by atoms with Crippen molar-refractivity contribution in [3.63, 3.8) is 0 Å². The van der Waals surface area contributed by atoms with Crippen LogP contribution in [0, 0.1) is 0 Å². The van der Waals surface area contributed by atoms with E-state index in [-0.39, 0.29) is 12.6 Å². The Morgan fingerprint density at radius 3 is 2.31 bits per heavy atom. The van der Waals surface area contributed by atoms with Crippen molar-refractivity contribution in [3.8, 4) is 11.5 Å². The minimum Gasteiger partial charge on any atom is -0.493 e. The molecule has 0 aliphatic heterocycles. The number of hydrogen-bond acceptors (Lipinski definition) is 4. The molecule has 1 atom stereocenters. The molecule has 0 amide bonds. The molecule has 9 heteroatoms. The molecular weight excluding hydrogens is 349 g/mol. The summed E-state index contributed by atoms with van der Waals surface area (Å²) in [7, 11) is 8.49. The molecule has 0 heterocycles. The zero-order valence-corrected chi connectivity index (χ0v) is 15.8. The monoisotopic (exact) mass is 376 g/mol. The average molecular weight is 376 g/mol. The molecule has 6 nitrogen and oxygen atoms in total. The first-order valence-electron chi connectivity index (χ1n) is 8.11. The topological polar surface area (TPSA) is 58.1 Å². The molecule has 1 rings (SSSR count). The Morgan fingerprint density at radius 1 is 1.15 bits per heavy atom. The minimum absolute atomic E-state index is 0.0454. The number of hydrogen-bond donors (Lipinski definition) is 2. The number of alkyl halides is 3. The largest absolute Gasteiger partial charge is 0.493 e. The van der Waals surface area contributed by atoms with Crippen LogP contribution in [0.2, 0.25) is 0 Å². The van der Waals surface area contributed by atoms with Crippen LogP contribution in [0.15, 0.2) is 23.2 Å². The highest BCUT2D eigenvalue weighted by Gasteiger charge is 2.26. The fourth-order valence-corrected chi connectivity index (χ4v) is 2.40. The number of nitrogens with zero attached hydrogens (tertiary/aromatic N) is 2. The van der Waals surface area contributed by atoms with Gasteiger partial charge in [-0.25, -0.2) is 0 Å². The van der Waals surface area contributed by atoms with Crippen molar-refractivity contribution in [3.05, 3.63) is 23.8 Å². The maximum Gasteiger partial charge on any atom is 0.390 e. The van der Waals surface area contributed by atoms with E-state index in [1.165, 1.54) is 7.05 Å². The van der Waals surface area contributed by atoms with Crippen LogP contribution < -0.4 is 20.1 Å². The lowest BCUT2D eigenvalue weighted by molar-refractivity contribution is -0.132. The summed E-state index contributed by atoms with van der Waals surface area (Å²) in [6, 6.07) is 5.58. The summed E-state index contributed by atoms with van der Waals surface area (Å²) in [5.41, 5.74) is 0.978. The van der Waals surface area contributed by atoms with Crippen molar-refractivity contribution in [1.29, 1.82) is 0 Å². The number of aliphatic imine (C=N–C) groups is 1. The molecule has 0 spiro atoms. The molecule has 148 valence electrons. The predicted octanol–water partition coefficient (Wildman–Crippen LogP) is 2.42. The second-order valence-electron chi connectivity index (χ2n) is 5.84. The van der Waals surface area contributed by atoms with Gasteiger partial charge in [-0.2, -0.15) is 13.2 Å². The zero-order valence-electron chi connectivity index (χ0n) is 15.8. The van der Waals surface area contributed by atoms with Gasteiger partial charge in [0.25, 0.3) is 0 Å². The second-order valence-corrected chi connectivity index (χ2v) is 5.84. The van der Waals surface area contributed by atoms with Gasteiger partial charge in [0.15, 0.2) is 17.5 Å². The molecular formula is C17H27F3N4O2. The smallest absolute Gasteiger partial charge is 0.390 e. The number of likely N-dealkylation sites (N-methyl/N-ethyl adjacent to an activating group) is 1. The van der Waals surface area contributed by atoms with E-state index in [2.05, 4.69) is 15.6 Å². The standard InChI is InChI=1S/C17H27F3N4O2/c1-21-16(22-9-8-17(18,19)20)23-11-13(24(2)3)12-6-7-14(25-4)15(10-12)26-5/h6-7,10,13H,8-9,11H2,1-5H3,(H2,21,22,23). The third-order valence-electron chi connectivity index (χ3n) is 3.80. The van der Waals surface area contributed by atoms with E-state index < -0.39 is 12.6 Å². The van der Waals surface area contributed by atoms with Gasteiger partial charge in [0.1, 0.15) is 0 Å². The average Bonchev–Trinajstić information content (AvgIpc) is 2.58. The summed E-state index contributed by atoms with van der Waals surface area (Å²) in [6.45, 7) is 0.223. The molecule has 1 unspecified atom stereocenters. The van der Waals surface area contributed by atoms with Crippen molar-refractivity contribution in [2.24, 2.45) is 4.99 Å². The summed E-state index contributed by atoms with van der Waals surface area (Å²) in [5, 5.41) is 5.73. The van der Waals surface area contributed by atoms with E-state index >= 15 is 0 Å². The fraction of sp³-hybridized carbons (Fsp3) is 0.588. The van der Waals surface area contributed by atoms with Gasteiger partial charge in [-0.1, -0.05) is 6.07 Å². The normalized spacial score (nSPS) is 13.5. The highest BCUT2D eigenvalue weighted by molar-refractivity contribution is 5.79. The summed E-state index contributed by atoms with van der Waals surface area (Å²) in [5.74, 6) is 1.57. The van der Waals surface area contributed by atoms with Crippen molar-refractivity contribution >= 4 is 5.96 Å². The Morgan fingerprint density at radius 2 is 1.81 bits per heavy atom. The first kappa shape index (κ1) is 21.9. The maximum atomic E-state index is 12.3. The maximum absolute atomic E-state index is 12.3. The van der Waals surface area contributed by atoms with Crippen molar-refractivity contribution in [1.82, 2.24) is 15.5 Å². The van der Waals surface area contributed by atoms with Crippen LogP contribution >= 0.6 is 0 Å². The number of benzene rings is 1. The minimum atomic E-state index is -4.20. The van der Waals surface area contributed by atoms with Gasteiger partial charge in [0.05, 0.1) is 26.7 Å². The van der Waals surface area contributed by atoms with Gasteiger partial charge in [-0.05, 0) is 31.8 Å². The molecule has 0 saturated heterocycles. The molecule has 0 aliphatic carbocycles. The first-order chi connectivity index (χ1) is 12.2. The number of nitrogens with one attached hydrogen (secondary N) is 2. The van der Waals surface area contributed by atoms with Crippen LogP contribution in [0.25, 0.3) is 0 Å². The molecule has 2 N–H and O–H groups in total. The molecule has 1 aromatic rings. The van der Waals surface area contributed by atoms with Crippen LogP contribution in [-0.4, -0.2) is 65.5 Å². The lowest BCUT2D eigenvalue weighted by atomic mass is 10.1. The Kier molecular flexibility index (Phi) is 8.50. The lowest BCUT2D eigenvalue weighted by Gasteiger charge is -2.26. The van der Waals surface area contributed by atoms with Gasteiger partial charge < -0.3 is 25.0 Å². The summed E-state index contributed by atoms with van der Waals surface area (Å²) in [6.07, 6.45) is -5.11. The number of guanidine groups is 1. The van der Waals surface area contributed by atoms with Crippen LogP contribution in [0.1, 0.15) is 18.0 Å². The van der Waals surface area contributed by atoms with E-state index in [1.54, 1.807) is 14.2 Å².